The maximum absolute atomic E-state index is 12.3. The van der Waals surface area contributed by atoms with E-state index in [1.807, 2.05) is 0 Å². The van der Waals surface area contributed by atoms with Crippen molar-refractivity contribution < 1.29 is 14.3 Å². The molecule has 0 aliphatic carbocycles. The molecule has 0 N–H and O–H groups in total. The largest absolute Gasteiger partial charge is 0.450 e. The molecule has 108 valence electrons. The summed E-state index contributed by atoms with van der Waals surface area (Å²) in [4.78, 5) is 31.3. The van der Waals surface area contributed by atoms with E-state index in [1.165, 1.54) is 0 Å². The topological polar surface area (TPSA) is 62.7 Å². The number of hydrogen-bond acceptors (Lipinski definition) is 4. The van der Waals surface area contributed by atoms with Crippen LogP contribution in [0.15, 0.2) is 22.9 Å². The van der Waals surface area contributed by atoms with Crippen molar-refractivity contribution >= 4 is 27.9 Å². The van der Waals surface area contributed by atoms with Crippen molar-refractivity contribution in [1.82, 2.24) is 14.8 Å². The van der Waals surface area contributed by atoms with Crippen molar-refractivity contribution in [3.63, 3.8) is 0 Å². The van der Waals surface area contributed by atoms with Crippen molar-refractivity contribution in [3.05, 3.63) is 28.5 Å². The summed E-state index contributed by atoms with van der Waals surface area (Å²) in [6, 6.07) is 3.46. The van der Waals surface area contributed by atoms with Crippen LogP contribution >= 0.6 is 15.9 Å². The Labute approximate surface area is 125 Å². The molecule has 1 saturated heterocycles. The highest BCUT2D eigenvalue weighted by atomic mass is 79.9. The van der Waals surface area contributed by atoms with Crippen LogP contribution in [0.1, 0.15) is 17.3 Å². The minimum atomic E-state index is -0.317. The number of piperazine rings is 1. The minimum absolute atomic E-state index is 0.0755. The Hall–Kier alpha value is -1.63. The van der Waals surface area contributed by atoms with Gasteiger partial charge in [-0.15, -0.1) is 0 Å². The predicted molar refractivity (Wildman–Crippen MR) is 76.4 cm³/mol. The molecule has 2 heterocycles. The molecule has 20 heavy (non-hydrogen) atoms. The molecular weight excluding hydrogens is 326 g/mol. The van der Waals surface area contributed by atoms with Gasteiger partial charge in [-0.2, -0.15) is 0 Å². The van der Waals surface area contributed by atoms with Gasteiger partial charge < -0.3 is 14.5 Å². The van der Waals surface area contributed by atoms with Gasteiger partial charge in [-0.1, -0.05) is 0 Å². The van der Waals surface area contributed by atoms with E-state index in [2.05, 4.69) is 20.9 Å². The molecule has 0 aromatic carbocycles. The second-order valence-corrected chi connectivity index (χ2v) is 5.07. The van der Waals surface area contributed by atoms with Crippen molar-refractivity contribution in [2.45, 2.75) is 6.92 Å². The van der Waals surface area contributed by atoms with Gasteiger partial charge in [-0.05, 0) is 35.0 Å². The molecule has 0 radical (unpaired) electrons. The molecule has 0 saturated carbocycles. The Morgan fingerprint density at radius 3 is 2.55 bits per heavy atom. The summed E-state index contributed by atoms with van der Waals surface area (Å²) in [5.74, 6) is -0.0755. The number of hydrogen-bond donors (Lipinski definition) is 0. The Kier molecular flexibility index (Phi) is 4.94. The number of rotatable bonds is 2. The van der Waals surface area contributed by atoms with Gasteiger partial charge in [0.15, 0.2) is 0 Å². The second kappa shape index (κ2) is 6.69. The second-order valence-electron chi connectivity index (χ2n) is 4.32. The van der Waals surface area contributed by atoms with Crippen LogP contribution in [-0.2, 0) is 4.74 Å². The van der Waals surface area contributed by atoms with Crippen molar-refractivity contribution in [1.29, 1.82) is 0 Å². The maximum Gasteiger partial charge on any atom is 0.409 e. The van der Waals surface area contributed by atoms with E-state index in [-0.39, 0.29) is 12.0 Å². The Morgan fingerprint density at radius 2 is 1.95 bits per heavy atom. The highest BCUT2D eigenvalue weighted by molar-refractivity contribution is 9.10. The first-order valence-electron chi connectivity index (χ1n) is 6.45. The summed E-state index contributed by atoms with van der Waals surface area (Å²) < 4.78 is 5.49. The molecule has 0 bridgehead atoms. The van der Waals surface area contributed by atoms with Gasteiger partial charge in [0.25, 0.3) is 5.91 Å². The van der Waals surface area contributed by atoms with Crippen LogP contribution < -0.4 is 0 Å². The van der Waals surface area contributed by atoms with E-state index < -0.39 is 0 Å². The lowest BCUT2D eigenvalue weighted by Crippen LogP contribution is -2.50. The standard InChI is InChI=1S/C13H16BrN3O3/c1-2-20-13(19)17-8-6-16(7-9-17)12(18)10-4-3-5-15-11(10)14/h3-5H,2,6-9H2,1H3. The highest BCUT2D eigenvalue weighted by Gasteiger charge is 2.26. The molecule has 1 aliphatic rings. The average molecular weight is 342 g/mol. The zero-order chi connectivity index (χ0) is 14.5. The molecule has 0 unspecified atom stereocenters. The number of aromatic nitrogens is 1. The van der Waals surface area contributed by atoms with Crippen LogP contribution in [0.25, 0.3) is 0 Å². The predicted octanol–water partition coefficient (Wildman–Crippen LogP) is 1.76. The Morgan fingerprint density at radius 1 is 1.30 bits per heavy atom. The molecule has 0 atom stereocenters. The fourth-order valence-electron chi connectivity index (χ4n) is 2.02. The van der Waals surface area contributed by atoms with Gasteiger partial charge in [-0.3, -0.25) is 4.79 Å². The van der Waals surface area contributed by atoms with E-state index in [9.17, 15) is 9.59 Å². The van der Waals surface area contributed by atoms with Crippen LogP contribution in [-0.4, -0.2) is 59.6 Å². The van der Waals surface area contributed by atoms with Gasteiger partial charge in [-0.25, -0.2) is 9.78 Å². The molecule has 6 nitrogen and oxygen atoms in total. The number of carbonyl (C=O) groups is 2. The monoisotopic (exact) mass is 341 g/mol. The quantitative estimate of drug-likeness (QED) is 0.769. The first kappa shape index (κ1) is 14.8. The summed E-state index contributed by atoms with van der Waals surface area (Å²) >= 11 is 3.28. The van der Waals surface area contributed by atoms with Crippen LogP contribution in [0.4, 0.5) is 4.79 Å². The SMILES string of the molecule is CCOC(=O)N1CCN(C(=O)c2cccnc2Br)CC1. The normalized spacial score (nSPS) is 15.1. The first-order valence-corrected chi connectivity index (χ1v) is 7.24. The number of amides is 2. The molecule has 0 spiro atoms. The smallest absolute Gasteiger partial charge is 0.409 e. The number of halogens is 1. The van der Waals surface area contributed by atoms with E-state index in [4.69, 9.17) is 4.74 Å². The van der Waals surface area contributed by atoms with Crippen LogP contribution in [0.5, 0.6) is 0 Å². The Bertz CT molecular complexity index is 501. The summed E-state index contributed by atoms with van der Waals surface area (Å²) in [6.07, 6.45) is 1.31. The third-order valence-corrected chi connectivity index (χ3v) is 3.71. The number of carbonyl (C=O) groups excluding carboxylic acids is 2. The zero-order valence-corrected chi connectivity index (χ0v) is 12.8. The number of pyridine rings is 1. The molecule has 2 rings (SSSR count). The molecule has 1 fully saturated rings. The van der Waals surface area contributed by atoms with Gasteiger partial charge >= 0.3 is 6.09 Å². The molecular formula is C13H16BrN3O3. The van der Waals surface area contributed by atoms with Crippen LogP contribution in [0.2, 0.25) is 0 Å². The van der Waals surface area contributed by atoms with Gasteiger partial charge in [0, 0.05) is 32.4 Å². The Balaban J connectivity index is 1.96. The average Bonchev–Trinajstić information content (AvgIpc) is 2.47. The van der Waals surface area contributed by atoms with Crippen molar-refractivity contribution in [2.24, 2.45) is 0 Å². The lowest BCUT2D eigenvalue weighted by molar-refractivity contribution is 0.0569. The van der Waals surface area contributed by atoms with Crippen LogP contribution in [0.3, 0.4) is 0 Å². The minimum Gasteiger partial charge on any atom is -0.450 e. The molecule has 1 aliphatic heterocycles. The fourth-order valence-corrected chi connectivity index (χ4v) is 2.44. The summed E-state index contributed by atoms with van der Waals surface area (Å²) in [5, 5.41) is 0. The molecule has 2 amide bonds. The molecule has 7 heteroatoms. The summed E-state index contributed by atoms with van der Waals surface area (Å²) in [5.41, 5.74) is 0.539. The van der Waals surface area contributed by atoms with E-state index in [1.54, 1.807) is 35.1 Å². The first-order chi connectivity index (χ1) is 9.63. The van der Waals surface area contributed by atoms with E-state index in [0.29, 0.717) is 43.0 Å². The third kappa shape index (κ3) is 3.27. The van der Waals surface area contributed by atoms with Gasteiger partial charge in [0.2, 0.25) is 0 Å². The van der Waals surface area contributed by atoms with Crippen LogP contribution in [0, 0.1) is 0 Å². The highest BCUT2D eigenvalue weighted by Crippen LogP contribution is 2.16. The third-order valence-electron chi connectivity index (χ3n) is 3.08. The summed E-state index contributed by atoms with van der Waals surface area (Å²) in [6.45, 7) is 4.11. The van der Waals surface area contributed by atoms with Crippen molar-refractivity contribution in [3.8, 4) is 0 Å². The van der Waals surface area contributed by atoms with E-state index in [0.717, 1.165) is 0 Å². The molecule has 1 aromatic rings. The lowest BCUT2D eigenvalue weighted by Gasteiger charge is -2.34. The number of nitrogens with zero attached hydrogens (tertiary/aromatic N) is 3. The maximum atomic E-state index is 12.3. The van der Waals surface area contributed by atoms with E-state index >= 15 is 0 Å². The fraction of sp³-hybridized carbons (Fsp3) is 0.462. The van der Waals surface area contributed by atoms with Gasteiger partial charge in [0.05, 0.1) is 12.2 Å². The summed E-state index contributed by atoms with van der Waals surface area (Å²) in [7, 11) is 0. The molecule has 1 aromatic heterocycles. The van der Waals surface area contributed by atoms with Crippen molar-refractivity contribution in [2.75, 3.05) is 32.8 Å². The zero-order valence-electron chi connectivity index (χ0n) is 11.2. The van der Waals surface area contributed by atoms with Gasteiger partial charge in [0.1, 0.15) is 4.60 Å². The number of ether oxygens (including phenoxy) is 1. The lowest BCUT2D eigenvalue weighted by atomic mass is 10.2.